The molecule has 0 radical (unpaired) electrons. The molecule has 1 aliphatic carbocycles. The van der Waals surface area contributed by atoms with Gasteiger partial charge in [0.05, 0.1) is 4.90 Å². The van der Waals surface area contributed by atoms with E-state index >= 15 is 0 Å². The maximum atomic E-state index is 11.6. The Labute approximate surface area is 266 Å². The van der Waals surface area contributed by atoms with Crippen molar-refractivity contribution in [2.24, 2.45) is 11.8 Å². The standard InChI is InChI=1S/C17H33N2O4P.C7H8O3S.2Na/c1-6-19(7-2)17-11-14(24(21,22)23)8-9-15(17)16(10-12(3)4)18-13(5)20;1-6-2-4-7(5-3-6)11(8,9)10;;/h8,12,15-17H,6-7,9-11H2,1-5H3,(H,18,20)(H2,21,22,23);2-5H,1H3,(H,8,9,10);;/q;;2*+1/p-2/t15-,16-,17-;;;/m0.../s1. The van der Waals surface area contributed by atoms with Gasteiger partial charge in [0, 0.05) is 19.0 Å². The number of nitrogens with one attached hydrogen (secondary N) is 1. The van der Waals surface area contributed by atoms with Gasteiger partial charge in [0.25, 0.3) is 0 Å². The summed E-state index contributed by atoms with van der Waals surface area (Å²) in [5.74, 6) is 0.491. The molecule has 2 N–H and O–H groups in total. The summed E-state index contributed by atoms with van der Waals surface area (Å²) in [6.45, 7) is 13.3. The second-order valence-electron chi connectivity index (χ2n) is 9.31. The van der Waals surface area contributed by atoms with Crippen molar-refractivity contribution in [3.63, 3.8) is 0 Å². The van der Waals surface area contributed by atoms with Gasteiger partial charge in [-0.15, -0.1) is 0 Å². The Morgan fingerprint density at radius 2 is 1.70 bits per heavy atom. The summed E-state index contributed by atoms with van der Waals surface area (Å²) in [7, 11) is -8.72. The van der Waals surface area contributed by atoms with Crippen LogP contribution in [0.3, 0.4) is 0 Å². The summed E-state index contributed by atoms with van der Waals surface area (Å²) >= 11 is 0. The first-order chi connectivity index (χ1) is 16.1. The fraction of sp³-hybridized carbons (Fsp3) is 0.625. The predicted molar refractivity (Wildman–Crippen MR) is 134 cm³/mol. The molecule has 1 aromatic carbocycles. The van der Waals surface area contributed by atoms with E-state index < -0.39 is 17.7 Å². The number of nitrogens with zero attached hydrogens (tertiary/aromatic N) is 1. The van der Waals surface area contributed by atoms with E-state index in [9.17, 15) is 32.1 Å². The molecule has 1 amide bonds. The summed E-state index contributed by atoms with van der Waals surface area (Å²) in [5.41, 5.74) is 0.928. The minimum Gasteiger partial charge on any atom is -0.775 e. The third-order valence-corrected chi connectivity index (χ3v) is 8.06. The molecule has 0 spiro atoms. The Balaban J connectivity index is 0. The second kappa shape index (κ2) is 18.0. The minimum atomic E-state index is -4.45. The molecular weight excluding hydrogens is 537 g/mol. The van der Waals surface area contributed by atoms with E-state index in [1.807, 2.05) is 20.8 Å². The molecule has 0 heterocycles. The topological polar surface area (TPSA) is 150 Å². The number of amides is 1. The van der Waals surface area contributed by atoms with Gasteiger partial charge in [-0.1, -0.05) is 51.5 Å². The van der Waals surface area contributed by atoms with Crippen LogP contribution in [-0.2, 0) is 19.5 Å². The molecule has 1 unspecified atom stereocenters. The number of allylic oxidation sites excluding steroid dienone is 1. The first-order valence-electron chi connectivity index (χ1n) is 11.9. The molecule has 37 heavy (non-hydrogen) atoms. The summed E-state index contributed by atoms with van der Waals surface area (Å²) in [4.78, 5) is 34.7. The molecule has 2 rings (SSSR count). The van der Waals surface area contributed by atoms with Crippen molar-refractivity contribution in [1.29, 1.82) is 0 Å². The maximum Gasteiger partial charge on any atom is 1.00 e. The van der Waals surface area contributed by atoms with Gasteiger partial charge < -0.3 is 29.1 Å². The Morgan fingerprint density at radius 1 is 1.19 bits per heavy atom. The zero-order chi connectivity index (χ0) is 27.0. The molecule has 0 aliphatic heterocycles. The van der Waals surface area contributed by atoms with Crippen molar-refractivity contribution in [3.05, 3.63) is 41.2 Å². The van der Waals surface area contributed by atoms with E-state index in [0.717, 1.165) is 25.1 Å². The quantitative estimate of drug-likeness (QED) is 0.179. The van der Waals surface area contributed by atoms with Crippen LogP contribution < -0.4 is 69.3 Å². The van der Waals surface area contributed by atoms with Crippen molar-refractivity contribution < 1.29 is 91.2 Å². The fourth-order valence-electron chi connectivity index (χ4n) is 4.45. The van der Waals surface area contributed by atoms with Crippen LogP contribution in [0.4, 0.5) is 0 Å². The van der Waals surface area contributed by atoms with Crippen LogP contribution in [0.2, 0.25) is 0 Å². The van der Waals surface area contributed by atoms with E-state index in [4.69, 9.17) is 0 Å². The number of rotatable bonds is 9. The molecular formula is C24H39N2Na2O7PS. The number of hydrogen-bond acceptors (Lipinski definition) is 7. The van der Waals surface area contributed by atoms with Crippen LogP contribution in [-0.4, -0.2) is 53.8 Å². The molecule has 0 saturated carbocycles. The summed E-state index contributed by atoms with van der Waals surface area (Å²) in [5, 5.41) is 3.19. The first-order valence-corrected chi connectivity index (χ1v) is 14.9. The predicted octanol–water partition coefficient (Wildman–Crippen LogP) is -3.01. The normalized spacial score (nSPS) is 19.8. The number of carbonyl (C=O) groups is 1. The van der Waals surface area contributed by atoms with Crippen molar-refractivity contribution in [1.82, 2.24) is 10.2 Å². The molecule has 13 heteroatoms. The minimum absolute atomic E-state index is 0. The molecule has 9 nitrogen and oxygen atoms in total. The molecule has 4 atom stereocenters. The molecule has 0 saturated heterocycles. The van der Waals surface area contributed by atoms with Crippen molar-refractivity contribution in [3.8, 4) is 0 Å². The molecule has 1 aliphatic rings. The number of hydrogen-bond donors (Lipinski definition) is 2. The average Bonchev–Trinajstić information content (AvgIpc) is 2.73. The van der Waals surface area contributed by atoms with E-state index in [1.54, 1.807) is 18.2 Å². The van der Waals surface area contributed by atoms with Gasteiger partial charge in [0.2, 0.25) is 5.91 Å². The van der Waals surface area contributed by atoms with Gasteiger partial charge in [-0.25, -0.2) is 8.42 Å². The smallest absolute Gasteiger partial charge is 0.775 e. The molecule has 0 aromatic heterocycles. The summed E-state index contributed by atoms with van der Waals surface area (Å²) < 4.78 is 42.8. The van der Waals surface area contributed by atoms with Gasteiger partial charge in [0.15, 0.2) is 7.60 Å². The Bertz CT molecular complexity index is 1010. The monoisotopic (exact) mass is 576 g/mol. The van der Waals surface area contributed by atoms with Crippen LogP contribution in [0.15, 0.2) is 40.6 Å². The van der Waals surface area contributed by atoms with Crippen LogP contribution in [0.5, 0.6) is 0 Å². The van der Waals surface area contributed by atoms with Gasteiger partial charge in [-0.05, 0) is 68.6 Å². The number of aryl methyl sites for hydroxylation is 1. The van der Waals surface area contributed by atoms with Crippen LogP contribution in [0.25, 0.3) is 0 Å². The van der Waals surface area contributed by atoms with Gasteiger partial charge >= 0.3 is 59.1 Å². The van der Waals surface area contributed by atoms with Crippen molar-refractivity contribution in [2.75, 3.05) is 13.1 Å². The number of carbonyl (C=O) groups excluding carboxylic acids is 1. The average molecular weight is 577 g/mol. The Hall–Kier alpha value is 0.450. The zero-order valence-electron chi connectivity index (χ0n) is 23.4. The third-order valence-electron chi connectivity index (χ3n) is 6.12. The Kier molecular flexibility index (Phi) is 19.3. The Morgan fingerprint density at radius 3 is 2.08 bits per heavy atom. The van der Waals surface area contributed by atoms with Crippen LogP contribution in [0.1, 0.15) is 59.4 Å². The van der Waals surface area contributed by atoms with E-state index in [2.05, 4.69) is 24.1 Å². The van der Waals surface area contributed by atoms with Crippen molar-refractivity contribution >= 4 is 23.6 Å². The van der Waals surface area contributed by atoms with E-state index in [1.165, 1.54) is 19.1 Å². The van der Waals surface area contributed by atoms with Crippen molar-refractivity contribution in [2.45, 2.75) is 77.8 Å². The zero-order valence-corrected chi connectivity index (χ0v) is 29.1. The first kappa shape index (κ1) is 39.6. The SMILES string of the molecule is CCN(CC)[C@H]1CC(P(=O)([O-])O)=CC[C@H]1[C@H](CC(C)C)NC(C)=O.Cc1ccc(S(=O)(=O)[O-])cc1.[Na+].[Na+]. The maximum absolute atomic E-state index is 11.6. The van der Waals surface area contributed by atoms with Crippen LogP contribution in [0, 0.1) is 18.8 Å². The van der Waals surface area contributed by atoms with Gasteiger partial charge in [-0.2, -0.15) is 0 Å². The van der Waals surface area contributed by atoms with Gasteiger partial charge in [0.1, 0.15) is 10.1 Å². The van der Waals surface area contributed by atoms with Gasteiger partial charge in [-0.3, -0.25) is 4.79 Å². The van der Waals surface area contributed by atoms with E-state index in [-0.39, 0.29) is 93.2 Å². The number of benzene rings is 1. The molecule has 0 bridgehead atoms. The summed E-state index contributed by atoms with van der Waals surface area (Å²) in [6.07, 6.45) is 3.33. The largest absolute Gasteiger partial charge is 1.00 e. The summed E-state index contributed by atoms with van der Waals surface area (Å²) in [6, 6.07) is 5.77. The van der Waals surface area contributed by atoms with Crippen LogP contribution >= 0.6 is 7.60 Å². The third kappa shape index (κ3) is 14.1. The molecule has 1 aromatic rings. The molecule has 0 fully saturated rings. The molecule has 200 valence electrons. The second-order valence-corrected chi connectivity index (χ2v) is 12.3. The van der Waals surface area contributed by atoms with E-state index in [0.29, 0.717) is 18.8 Å². The fourth-order valence-corrected chi connectivity index (χ4v) is 5.67.